The van der Waals surface area contributed by atoms with E-state index in [1.165, 1.54) is 5.56 Å². The first-order valence-electron chi connectivity index (χ1n) is 7.54. The highest BCUT2D eigenvalue weighted by Crippen LogP contribution is 2.20. The Morgan fingerprint density at radius 1 is 1.18 bits per heavy atom. The Hall–Kier alpha value is -1.53. The van der Waals surface area contributed by atoms with Crippen LogP contribution < -0.4 is 4.90 Å². The van der Waals surface area contributed by atoms with Gasteiger partial charge in [0.15, 0.2) is 0 Å². The predicted molar refractivity (Wildman–Crippen MR) is 90.7 cm³/mol. The maximum atomic E-state index is 4.39. The van der Waals surface area contributed by atoms with Gasteiger partial charge in [0.25, 0.3) is 0 Å². The second-order valence-electron chi connectivity index (χ2n) is 5.67. The summed E-state index contributed by atoms with van der Waals surface area (Å²) in [6.07, 6.45) is 9.61. The minimum absolute atomic E-state index is 0.509. The molecule has 3 heterocycles. The molecule has 0 N–H and O–H groups in total. The maximum absolute atomic E-state index is 4.39. The van der Waals surface area contributed by atoms with E-state index in [-0.39, 0.29) is 0 Å². The summed E-state index contributed by atoms with van der Waals surface area (Å²) in [6.45, 7) is 3.22. The first-order chi connectivity index (χ1) is 10.7. The molecule has 6 heteroatoms. The van der Waals surface area contributed by atoms with Crippen molar-refractivity contribution in [1.29, 1.82) is 0 Å². The molecule has 1 saturated heterocycles. The van der Waals surface area contributed by atoms with Crippen LogP contribution in [0.15, 0.2) is 41.4 Å². The maximum Gasteiger partial charge on any atom is 0.225 e. The normalized spacial score (nSPS) is 16.6. The van der Waals surface area contributed by atoms with E-state index in [0.29, 0.717) is 6.04 Å². The zero-order valence-corrected chi connectivity index (χ0v) is 14.3. The van der Waals surface area contributed by atoms with Crippen molar-refractivity contribution < 1.29 is 0 Å². The van der Waals surface area contributed by atoms with Crippen LogP contribution in [0.2, 0.25) is 0 Å². The van der Waals surface area contributed by atoms with Crippen LogP contribution in [0.5, 0.6) is 0 Å². The highest BCUT2D eigenvalue weighted by molar-refractivity contribution is 9.10. The third kappa shape index (κ3) is 3.81. The fourth-order valence-electron chi connectivity index (χ4n) is 2.86. The third-order valence-electron chi connectivity index (χ3n) is 4.18. The standard InChI is InChI=1S/C16H20BrN5/c1-21(16-19-10-14(17)11-20-16)15-4-8-22(9-5-15)12-13-2-6-18-7-3-13/h2-3,6-7,10-11,15H,4-5,8-9,12H2,1H3. The van der Waals surface area contributed by atoms with Gasteiger partial charge in [-0.3, -0.25) is 9.88 Å². The van der Waals surface area contributed by atoms with Crippen LogP contribution in [-0.4, -0.2) is 46.0 Å². The Bertz CT molecular complexity index is 581. The summed E-state index contributed by atoms with van der Waals surface area (Å²) in [5.74, 6) is 0.802. The lowest BCUT2D eigenvalue weighted by Gasteiger charge is -2.36. The number of nitrogens with zero attached hydrogens (tertiary/aromatic N) is 5. The molecular formula is C16H20BrN5. The first kappa shape index (κ1) is 15.4. The number of likely N-dealkylation sites (tertiary alicyclic amines) is 1. The number of anilines is 1. The van der Waals surface area contributed by atoms with Gasteiger partial charge in [-0.1, -0.05) is 0 Å². The average Bonchev–Trinajstić information content (AvgIpc) is 2.57. The highest BCUT2D eigenvalue weighted by Gasteiger charge is 2.23. The molecule has 0 atom stereocenters. The number of pyridine rings is 1. The van der Waals surface area contributed by atoms with Crippen LogP contribution in [0.4, 0.5) is 5.95 Å². The van der Waals surface area contributed by atoms with Gasteiger partial charge in [-0.15, -0.1) is 0 Å². The molecule has 0 radical (unpaired) electrons. The van der Waals surface area contributed by atoms with Gasteiger partial charge in [0.05, 0.1) is 4.47 Å². The summed E-state index contributed by atoms with van der Waals surface area (Å²) in [5.41, 5.74) is 1.33. The lowest BCUT2D eigenvalue weighted by molar-refractivity contribution is 0.203. The predicted octanol–water partition coefficient (Wildman–Crippen LogP) is 2.73. The summed E-state index contributed by atoms with van der Waals surface area (Å²) >= 11 is 3.38. The van der Waals surface area contributed by atoms with E-state index in [9.17, 15) is 0 Å². The Balaban J connectivity index is 1.54. The molecular weight excluding hydrogens is 342 g/mol. The van der Waals surface area contributed by atoms with E-state index in [1.807, 2.05) is 12.4 Å². The molecule has 22 heavy (non-hydrogen) atoms. The lowest BCUT2D eigenvalue weighted by atomic mass is 10.0. The van der Waals surface area contributed by atoms with Crippen LogP contribution in [0.25, 0.3) is 0 Å². The van der Waals surface area contributed by atoms with Gasteiger partial charge in [0.2, 0.25) is 5.95 Å². The molecule has 2 aromatic heterocycles. The van der Waals surface area contributed by atoms with Gasteiger partial charge in [-0.25, -0.2) is 9.97 Å². The molecule has 0 amide bonds. The van der Waals surface area contributed by atoms with Crippen LogP contribution in [-0.2, 0) is 6.54 Å². The number of piperidine rings is 1. The number of hydrogen-bond donors (Lipinski definition) is 0. The molecule has 0 aliphatic carbocycles. The topological polar surface area (TPSA) is 45.2 Å². The Morgan fingerprint density at radius 2 is 1.82 bits per heavy atom. The largest absolute Gasteiger partial charge is 0.341 e. The second-order valence-corrected chi connectivity index (χ2v) is 6.59. The van der Waals surface area contributed by atoms with Crippen molar-refractivity contribution in [3.63, 3.8) is 0 Å². The molecule has 1 aliphatic rings. The van der Waals surface area contributed by atoms with Gasteiger partial charge in [0.1, 0.15) is 0 Å². The molecule has 116 valence electrons. The van der Waals surface area contributed by atoms with E-state index in [4.69, 9.17) is 0 Å². The average molecular weight is 362 g/mol. The van der Waals surface area contributed by atoms with Gasteiger partial charge in [0, 0.05) is 57.5 Å². The number of hydrogen-bond acceptors (Lipinski definition) is 5. The monoisotopic (exact) mass is 361 g/mol. The zero-order chi connectivity index (χ0) is 15.4. The highest BCUT2D eigenvalue weighted by atomic mass is 79.9. The van der Waals surface area contributed by atoms with E-state index in [2.05, 4.69) is 59.9 Å². The fraction of sp³-hybridized carbons (Fsp3) is 0.438. The van der Waals surface area contributed by atoms with Crippen LogP contribution in [0.3, 0.4) is 0 Å². The number of halogens is 1. The van der Waals surface area contributed by atoms with Gasteiger partial charge < -0.3 is 4.90 Å². The van der Waals surface area contributed by atoms with Crippen LogP contribution in [0, 0.1) is 0 Å². The Labute approximate surface area is 139 Å². The van der Waals surface area contributed by atoms with Gasteiger partial charge in [-0.2, -0.15) is 0 Å². The summed E-state index contributed by atoms with van der Waals surface area (Å²) in [7, 11) is 2.09. The van der Waals surface area contributed by atoms with Crippen LogP contribution >= 0.6 is 15.9 Å². The molecule has 0 bridgehead atoms. The number of aromatic nitrogens is 3. The van der Waals surface area contributed by atoms with E-state index >= 15 is 0 Å². The van der Waals surface area contributed by atoms with E-state index < -0.39 is 0 Å². The summed E-state index contributed by atoms with van der Waals surface area (Å²) < 4.78 is 0.914. The Kier molecular flexibility index (Phi) is 5.00. The van der Waals surface area contributed by atoms with Crippen molar-refractivity contribution in [3.05, 3.63) is 47.0 Å². The third-order valence-corrected chi connectivity index (χ3v) is 4.59. The van der Waals surface area contributed by atoms with Crippen LogP contribution in [0.1, 0.15) is 18.4 Å². The minimum atomic E-state index is 0.509. The van der Waals surface area contributed by atoms with Crippen molar-refractivity contribution in [3.8, 4) is 0 Å². The fourth-order valence-corrected chi connectivity index (χ4v) is 3.07. The summed E-state index contributed by atoms with van der Waals surface area (Å²) in [5, 5.41) is 0. The van der Waals surface area contributed by atoms with Crippen molar-refractivity contribution in [2.45, 2.75) is 25.4 Å². The first-order valence-corrected chi connectivity index (χ1v) is 8.33. The Morgan fingerprint density at radius 3 is 2.45 bits per heavy atom. The molecule has 0 unspecified atom stereocenters. The van der Waals surface area contributed by atoms with Crippen molar-refractivity contribution in [1.82, 2.24) is 19.9 Å². The molecule has 1 aliphatic heterocycles. The molecule has 1 fully saturated rings. The lowest BCUT2D eigenvalue weighted by Crippen LogP contribution is -2.43. The number of rotatable bonds is 4. The molecule has 2 aromatic rings. The summed E-state index contributed by atoms with van der Waals surface area (Å²) in [6, 6.07) is 4.69. The van der Waals surface area contributed by atoms with Crippen molar-refractivity contribution in [2.24, 2.45) is 0 Å². The molecule has 0 aromatic carbocycles. The summed E-state index contributed by atoms with van der Waals surface area (Å²) in [4.78, 5) is 17.6. The van der Waals surface area contributed by atoms with Gasteiger partial charge in [-0.05, 0) is 46.5 Å². The molecule has 5 nitrogen and oxygen atoms in total. The quantitative estimate of drug-likeness (QED) is 0.837. The van der Waals surface area contributed by atoms with Crippen molar-refractivity contribution >= 4 is 21.9 Å². The molecule has 0 saturated carbocycles. The molecule has 0 spiro atoms. The van der Waals surface area contributed by atoms with E-state index in [1.54, 1.807) is 12.4 Å². The zero-order valence-electron chi connectivity index (χ0n) is 12.7. The van der Waals surface area contributed by atoms with E-state index in [0.717, 1.165) is 42.9 Å². The van der Waals surface area contributed by atoms with Gasteiger partial charge >= 0.3 is 0 Å². The van der Waals surface area contributed by atoms with Crippen molar-refractivity contribution in [2.75, 3.05) is 25.0 Å². The SMILES string of the molecule is CN(c1ncc(Br)cn1)C1CCN(Cc2ccncc2)CC1. The smallest absolute Gasteiger partial charge is 0.225 e. The minimum Gasteiger partial charge on any atom is -0.341 e. The molecule has 3 rings (SSSR count). The second kappa shape index (κ2) is 7.15.